The molecule has 0 aromatic carbocycles. The molecule has 50 atom stereocenters. The van der Waals surface area contributed by atoms with Gasteiger partial charge in [-0.25, -0.2) is 0 Å². The maximum Gasteiger partial charge on any atom is 0.217 e. The smallest absolute Gasteiger partial charge is 0.217 e. The fraction of sp³-hybridized carbons (Fsp3) is 0.917. The molecule has 1 unspecified atom stereocenters. The van der Waals surface area contributed by atoms with E-state index in [4.69, 9.17) is 90.0 Å². The summed E-state index contributed by atoms with van der Waals surface area (Å²) in [5.74, 6) is -5.40. The van der Waals surface area contributed by atoms with E-state index in [0.29, 0.717) is 0 Å². The zero-order valence-corrected chi connectivity index (χ0v) is 69.6. The Morgan fingerprint density at radius 2 is 0.492 bits per heavy atom. The molecule has 31 N–H and O–H groups in total. The quantitative estimate of drug-likeness (QED) is 0.0290. The second kappa shape index (κ2) is 46.1. The molecule has 0 aromatic rings. The summed E-state index contributed by atoms with van der Waals surface area (Å²) >= 11 is 0. The van der Waals surface area contributed by atoms with Crippen molar-refractivity contribution in [1.82, 2.24) is 31.9 Å². The predicted molar refractivity (Wildman–Crippen MR) is 398 cm³/mol. The van der Waals surface area contributed by atoms with Crippen LogP contribution in [0.25, 0.3) is 0 Å². The molecule has 10 aliphatic rings. The third-order valence-corrected chi connectivity index (χ3v) is 23.2. The number of carbonyl (C=O) groups is 6. The third kappa shape index (κ3) is 23.9. The molecule has 10 saturated heterocycles. The molecule has 0 bridgehead atoms. The van der Waals surface area contributed by atoms with Crippen molar-refractivity contribution in [3.8, 4) is 0 Å². The molecule has 0 spiro atoms. The van der Waals surface area contributed by atoms with Gasteiger partial charge in [0.1, 0.15) is 238 Å². The standard InChI is InChI=1S/C72H120N6O50/c1-17-39(91)52(104)55(107)69(113-17)111-16-32-59(49(101)33(63(109)114-32)73-18(2)85)124-67-37(77-22(6)89)51(103)58(29(13-84)119-67)125-70-56(108)60(126-72-62(53(105)43(95)27(11-82)118-72)128-68-38(78-23(7)90)50(102)57(28(12-83)120-68)123-65-35(75-20(4)87)47(99)41(93)25(9-80)116-65)45(97)31(121-70)15-112-71-61(127-66-36(76-21(5)88)48(100)42(94)26(10-81)117-66)54(106)44(96)30(122-71)14-110-64-34(74-19(3)86)46(98)40(92)24(8-79)115-64/h17,24-72,79-84,91-109H,8-16H2,1-7H3,(H,73,85)(H,74,86)(H,75,87)(H,76,88)(H,77,89)(H,78,90)/t17-,24+,25+,26+,27+,28+,29+,30+,31+,32+,33+,34+,35+,36+,37+,38+,39+,40+,41-,42+,43+,44+,45+,46+,47+,48+,49+,50+,51+,52-,53-,54-,55-,56-,57+,58+,59+,60-,61-,62-,63?,64+,65-,66-,67-,68-,69+,70-,71-,72+/m0/s1. The topological polar surface area (TPSA) is 856 Å². The lowest BCUT2D eigenvalue weighted by Crippen LogP contribution is -2.71. The average Bonchev–Trinajstić information content (AvgIpc) is 0.762. The number of aliphatic hydroxyl groups is 25. The van der Waals surface area contributed by atoms with Crippen LogP contribution in [0.15, 0.2) is 0 Å². The molecular weight excluding hydrogens is 1750 g/mol. The van der Waals surface area contributed by atoms with E-state index in [2.05, 4.69) is 31.9 Å². The van der Waals surface area contributed by atoms with Crippen LogP contribution < -0.4 is 31.9 Å². The van der Waals surface area contributed by atoms with Crippen LogP contribution in [-0.4, -0.2) is 529 Å². The van der Waals surface area contributed by atoms with Gasteiger partial charge in [-0.05, 0) is 6.92 Å². The van der Waals surface area contributed by atoms with Crippen molar-refractivity contribution < 1.29 is 246 Å². The highest BCUT2D eigenvalue weighted by Crippen LogP contribution is 2.41. The first kappa shape index (κ1) is 105. The zero-order valence-electron chi connectivity index (χ0n) is 69.6. The van der Waals surface area contributed by atoms with Gasteiger partial charge in [-0.3, -0.25) is 28.8 Å². The van der Waals surface area contributed by atoms with Gasteiger partial charge in [0.05, 0.1) is 65.6 Å². The van der Waals surface area contributed by atoms with E-state index in [0.717, 1.165) is 41.5 Å². The van der Waals surface area contributed by atoms with Crippen molar-refractivity contribution >= 4 is 35.4 Å². The summed E-state index contributed by atoms with van der Waals surface area (Å²) in [6.45, 7) is -2.74. The number of hydrogen-bond donors (Lipinski definition) is 31. The van der Waals surface area contributed by atoms with E-state index in [9.17, 15) is 156 Å². The van der Waals surface area contributed by atoms with Gasteiger partial charge >= 0.3 is 0 Å². The Kier molecular flexibility index (Phi) is 37.8. The van der Waals surface area contributed by atoms with Crippen LogP contribution in [0.3, 0.4) is 0 Å². The minimum atomic E-state index is -2.66. The molecule has 0 aliphatic carbocycles. The van der Waals surface area contributed by atoms with Crippen molar-refractivity contribution in [2.24, 2.45) is 0 Å². The van der Waals surface area contributed by atoms with Crippen LogP contribution >= 0.6 is 0 Å². The van der Waals surface area contributed by atoms with E-state index in [1.165, 1.54) is 6.92 Å². The highest BCUT2D eigenvalue weighted by molar-refractivity contribution is 5.75. The molecule has 10 fully saturated rings. The number of rotatable bonds is 33. The van der Waals surface area contributed by atoms with E-state index < -0.39 is 402 Å². The predicted octanol–water partition coefficient (Wildman–Crippen LogP) is -20.9. The van der Waals surface area contributed by atoms with Crippen LogP contribution in [-0.2, 0) is 119 Å². The molecule has 0 saturated carbocycles. The Morgan fingerprint density at radius 3 is 0.906 bits per heavy atom. The maximum absolute atomic E-state index is 13.4. The van der Waals surface area contributed by atoms with Crippen LogP contribution in [0.4, 0.5) is 0 Å². The Hall–Kier alpha value is -4.94. The first-order chi connectivity index (χ1) is 60.4. The van der Waals surface area contributed by atoms with Gasteiger partial charge in [0.15, 0.2) is 62.9 Å². The monoisotopic (exact) mass is 1870 g/mol. The van der Waals surface area contributed by atoms with Crippen molar-refractivity contribution in [2.75, 3.05) is 59.5 Å². The molecule has 56 nitrogen and oxygen atoms in total. The summed E-state index contributed by atoms with van der Waals surface area (Å²) in [7, 11) is 0. The van der Waals surface area contributed by atoms with Crippen LogP contribution in [0.1, 0.15) is 48.5 Å². The van der Waals surface area contributed by atoms with Gasteiger partial charge in [-0.15, -0.1) is 0 Å². The zero-order chi connectivity index (χ0) is 94.4. The minimum absolute atomic E-state index is 0.817. The van der Waals surface area contributed by atoms with Gasteiger partial charge in [0.2, 0.25) is 35.4 Å². The van der Waals surface area contributed by atoms with Crippen molar-refractivity contribution in [3.63, 3.8) is 0 Å². The number of ether oxygens (including phenoxy) is 19. The van der Waals surface area contributed by atoms with Gasteiger partial charge in [0.25, 0.3) is 0 Å². The number of carbonyl (C=O) groups excluding carboxylic acids is 6. The summed E-state index contributed by atoms with van der Waals surface area (Å²) in [6.07, 6.45) is -91.4. The summed E-state index contributed by atoms with van der Waals surface area (Å²) in [6, 6.07) is -11.0. The first-order valence-corrected chi connectivity index (χ1v) is 41.0. The molecule has 128 heavy (non-hydrogen) atoms. The van der Waals surface area contributed by atoms with Gasteiger partial charge in [-0.1, -0.05) is 0 Å². The Balaban J connectivity index is 1.02. The number of hydrogen-bond acceptors (Lipinski definition) is 50. The minimum Gasteiger partial charge on any atom is -0.394 e. The normalized spacial score (nSPS) is 47.8. The van der Waals surface area contributed by atoms with Gasteiger partial charge in [-0.2, -0.15) is 0 Å². The van der Waals surface area contributed by atoms with E-state index >= 15 is 0 Å². The Bertz CT molecular complexity index is 3550. The van der Waals surface area contributed by atoms with E-state index in [1.807, 2.05) is 0 Å². The first-order valence-electron chi connectivity index (χ1n) is 41.0. The second-order valence-corrected chi connectivity index (χ2v) is 32.5. The highest BCUT2D eigenvalue weighted by Gasteiger charge is 2.62. The van der Waals surface area contributed by atoms with Crippen LogP contribution in [0.2, 0.25) is 0 Å². The molecule has 10 heterocycles. The third-order valence-electron chi connectivity index (χ3n) is 23.2. The van der Waals surface area contributed by atoms with Gasteiger partial charge < -0.3 is 250 Å². The highest BCUT2D eigenvalue weighted by atomic mass is 16.8. The molecule has 56 heteroatoms. The second-order valence-electron chi connectivity index (χ2n) is 32.5. The lowest BCUT2D eigenvalue weighted by molar-refractivity contribution is -0.398. The molecule has 0 radical (unpaired) electrons. The van der Waals surface area contributed by atoms with Crippen molar-refractivity contribution in [1.29, 1.82) is 0 Å². The fourth-order valence-electron chi connectivity index (χ4n) is 16.5. The lowest BCUT2D eigenvalue weighted by Gasteiger charge is -2.51. The number of amides is 6. The van der Waals surface area contributed by atoms with Crippen molar-refractivity contribution in [2.45, 2.75) is 355 Å². The van der Waals surface area contributed by atoms with Crippen LogP contribution in [0, 0.1) is 0 Å². The summed E-state index contributed by atoms with van der Waals surface area (Å²) in [5, 5.41) is 297. The maximum atomic E-state index is 13.4. The SMILES string of the molecule is CC(=O)N[C@H]1[C@H](O[C@H]2[C@H](O)[C@@H](NC(C)=O)C(O)O[C@@H]2CO[C@@H]2O[C@@H](C)[C@@H](O)[C@H](O)[C@@H]2O)O[C@H](CO)[C@@H](O[C@@H]2O[C@H](CO[C@H]3O[C@H](CO[C@@H]4O[C@H](CO)[C@@H](O)[C@H](O)[C@H]4NC(C)=O)[C@@H](O)[C@H](O)[C@@H]3O[C@@H]3O[C@H](CO)[C@@H](O)[C@H](O)[C@H]3NC(C)=O)[C@@H](O)[C@H](O[C@H]3O[C@H](CO)[C@@H](O)[C@H](O)[C@@H]3O[C@@H]3O[C@H](CO)[C@@H](O[C@@H]4O[C@H](CO)[C@H](O)[C@H](O)[C@H]4NC(C)=O)[C@H](O)[C@H]3NC(C)=O)[C@@H]2O)[C@@H]1O. The Labute approximate surface area is 726 Å². The Morgan fingerprint density at radius 1 is 0.219 bits per heavy atom. The molecule has 6 amide bonds. The molecular formula is C72H120N6O50. The number of nitrogens with one attached hydrogen (secondary N) is 6. The summed E-state index contributed by atoms with van der Waals surface area (Å²) in [5.41, 5.74) is 0. The van der Waals surface area contributed by atoms with Crippen molar-refractivity contribution in [3.05, 3.63) is 0 Å². The summed E-state index contributed by atoms with van der Waals surface area (Å²) in [4.78, 5) is 76.6. The molecule has 10 aliphatic heterocycles. The molecule has 10 rings (SSSR count). The largest absolute Gasteiger partial charge is 0.394 e. The fourth-order valence-corrected chi connectivity index (χ4v) is 16.5. The van der Waals surface area contributed by atoms with E-state index in [1.54, 1.807) is 0 Å². The summed E-state index contributed by atoms with van der Waals surface area (Å²) < 4.78 is 114. The van der Waals surface area contributed by atoms with Gasteiger partial charge in [0, 0.05) is 41.5 Å². The van der Waals surface area contributed by atoms with Crippen LogP contribution in [0.5, 0.6) is 0 Å². The number of aliphatic hydroxyl groups excluding tert-OH is 25. The molecule has 0 aromatic heterocycles. The molecule has 738 valence electrons. The van der Waals surface area contributed by atoms with E-state index in [-0.39, 0.29) is 0 Å². The lowest BCUT2D eigenvalue weighted by atomic mass is 9.93. The average molecular weight is 1870 g/mol.